The van der Waals surface area contributed by atoms with E-state index in [9.17, 15) is 4.79 Å². The van der Waals surface area contributed by atoms with Gasteiger partial charge in [0, 0.05) is 15.2 Å². The summed E-state index contributed by atoms with van der Waals surface area (Å²) in [4.78, 5) is 14.3. The molecule has 1 amide bonds. The molecule has 0 bridgehead atoms. The number of amides is 1. The summed E-state index contributed by atoms with van der Waals surface area (Å²) in [5.41, 5.74) is 4.99. The molecule has 0 saturated carbocycles. The molecule has 0 aliphatic carbocycles. The van der Waals surface area contributed by atoms with Gasteiger partial charge in [0.1, 0.15) is 16.8 Å². The second-order valence-electron chi connectivity index (χ2n) is 7.34. The van der Waals surface area contributed by atoms with Crippen LogP contribution < -0.4 is 15.4 Å². The molecule has 7 nitrogen and oxygen atoms in total. The average Bonchev–Trinajstić information content (AvgIpc) is 3.18. The predicted octanol–water partition coefficient (Wildman–Crippen LogP) is 5.59. The third kappa shape index (κ3) is 5.00. The van der Waals surface area contributed by atoms with Crippen LogP contribution >= 0.6 is 39.7 Å². The van der Waals surface area contributed by atoms with Crippen molar-refractivity contribution in [2.45, 2.75) is 13.8 Å². The summed E-state index contributed by atoms with van der Waals surface area (Å²) in [5, 5.41) is 15.5. The van der Waals surface area contributed by atoms with Crippen LogP contribution in [-0.4, -0.2) is 33.1 Å². The van der Waals surface area contributed by atoms with Gasteiger partial charge in [-0.05, 0) is 79.7 Å². The van der Waals surface area contributed by atoms with E-state index in [1.54, 1.807) is 12.1 Å². The molecule has 33 heavy (non-hydrogen) atoms. The van der Waals surface area contributed by atoms with E-state index < -0.39 is 0 Å². The summed E-state index contributed by atoms with van der Waals surface area (Å²) in [5.74, 6) is 0.116. The Bertz CT molecular complexity index is 1410. The molecule has 3 aromatic carbocycles. The summed E-state index contributed by atoms with van der Waals surface area (Å²) < 4.78 is 6.15. The number of fused-ring (bicyclic) bond motifs is 1. The number of hydrogen-bond acceptors (Lipinski definition) is 5. The fraction of sp³-hybridized carbons (Fsp3) is 0.130. The van der Waals surface area contributed by atoms with Crippen LogP contribution in [0.15, 0.2) is 53.0 Å². The van der Waals surface area contributed by atoms with Crippen molar-refractivity contribution in [3.63, 3.8) is 0 Å². The summed E-state index contributed by atoms with van der Waals surface area (Å²) in [7, 11) is 1.52. The van der Waals surface area contributed by atoms with Gasteiger partial charge in [-0.2, -0.15) is 4.80 Å². The minimum atomic E-state index is -0.378. The van der Waals surface area contributed by atoms with Crippen molar-refractivity contribution >= 4 is 67.5 Å². The second-order valence-corrected chi connectivity index (χ2v) is 9.07. The summed E-state index contributed by atoms with van der Waals surface area (Å²) >= 11 is 15.0. The molecule has 4 aromatic rings. The molecule has 0 fully saturated rings. The molecule has 10 heteroatoms. The van der Waals surface area contributed by atoms with Crippen LogP contribution in [0.3, 0.4) is 0 Å². The molecule has 0 aliphatic heterocycles. The van der Waals surface area contributed by atoms with E-state index in [-0.39, 0.29) is 11.0 Å². The summed E-state index contributed by atoms with van der Waals surface area (Å²) in [6.07, 6.45) is 0. The predicted molar refractivity (Wildman–Crippen MR) is 138 cm³/mol. The highest BCUT2D eigenvalue weighted by Gasteiger charge is 2.17. The Labute approximate surface area is 209 Å². The van der Waals surface area contributed by atoms with Gasteiger partial charge in [0.25, 0.3) is 5.91 Å². The van der Waals surface area contributed by atoms with E-state index in [0.717, 1.165) is 21.3 Å². The van der Waals surface area contributed by atoms with Crippen molar-refractivity contribution in [1.29, 1.82) is 0 Å². The Morgan fingerprint density at radius 2 is 1.82 bits per heavy atom. The molecule has 168 valence electrons. The number of aryl methyl sites for hydroxylation is 2. The molecular weight excluding hydrogens is 526 g/mol. The quantitative estimate of drug-likeness (QED) is 0.326. The van der Waals surface area contributed by atoms with E-state index in [0.29, 0.717) is 33.1 Å². The van der Waals surface area contributed by atoms with Crippen molar-refractivity contribution in [3.05, 3.63) is 74.7 Å². The Morgan fingerprint density at radius 1 is 1.06 bits per heavy atom. The van der Waals surface area contributed by atoms with E-state index in [1.165, 1.54) is 11.9 Å². The zero-order valence-corrected chi connectivity index (χ0v) is 21.1. The Morgan fingerprint density at radius 3 is 2.55 bits per heavy atom. The number of halogens is 2. The Hall–Kier alpha value is -3.01. The number of rotatable bonds is 4. The van der Waals surface area contributed by atoms with Gasteiger partial charge in [0.2, 0.25) is 0 Å². The molecule has 1 aromatic heterocycles. The average molecular weight is 545 g/mol. The van der Waals surface area contributed by atoms with Crippen molar-refractivity contribution in [3.8, 4) is 11.4 Å². The van der Waals surface area contributed by atoms with Crippen molar-refractivity contribution in [2.75, 3.05) is 12.4 Å². The smallest absolute Gasteiger partial charge is 0.261 e. The van der Waals surface area contributed by atoms with E-state index in [2.05, 4.69) is 36.8 Å². The summed E-state index contributed by atoms with van der Waals surface area (Å²) in [6, 6.07) is 14.6. The van der Waals surface area contributed by atoms with Gasteiger partial charge in [0.05, 0.1) is 18.4 Å². The monoisotopic (exact) mass is 543 g/mol. The largest absolute Gasteiger partial charge is 0.496 e. The molecule has 0 saturated heterocycles. The lowest BCUT2D eigenvalue weighted by atomic mass is 10.1. The van der Waals surface area contributed by atoms with Crippen LogP contribution in [0, 0.1) is 13.8 Å². The van der Waals surface area contributed by atoms with E-state index >= 15 is 0 Å². The minimum Gasteiger partial charge on any atom is -0.496 e. The number of nitrogens with zero attached hydrogens (tertiary/aromatic N) is 3. The van der Waals surface area contributed by atoms with Gasteiger partial charge in [0.15, 0.2) is 5.11 Å². The van der Waals surface area contributed by atoms with Gasteiger partial charge in [-0.15, -0.1) is 10.2 Å². The van der Waals surface area contributed by atoms with Gasteiger partial charge in [-0.3, -0.25) is 10.1 Å². The molecule has 0 atom stereocenters. The third-order valence-corrected chi connectivity index (χ3v) is 6.01. The van der Waals surface area contributed by atoms with Crippen LogP contribution in [0.4, 0.5) is 5.69 Å². The van der Waals surface area contributed by atoms with Crippen LogP contribution in [0.2, 0.25) is 5.02 Å². The van der Waals surface area contributed by atoms with Gasteiger partial charge < -0.3 is 10.1 Å². The topological polar surface area (TPSA) is 81.1 Å². The first-order chi connectivity index (χ1) is 15.7. The Balaban J connectivity index is 1.51. The number of aromatic nitrogens is 3. The molecular formula is C23H19BrClN5O2S. The molecule has 0 radical (unpaired) electrons. The number of ether oxygens (including phenoxy) is 1. The highest BCUT2D eigenvalue weighted by molar-refractivity contribution is 9.10. The SMILES string of the molecule is COc1c(C)cc(Br)cc1C(=O)NC(=S)Nc1ccc2nn(-c3ccc(C)c(Cl)c3)nc2c1. The zero-order chi connectivity index (χ0) is 23.7. The maximum Gasteiger partial charge on any atom is 0.261 e. The van der Waals surface area contributed by atoms with Gasteiger partial charge in [-0.1, -0.05) is 33.6 Å². The molecule has 0 unspecified atom stereocenters. The lowest BCUT2D eigenvalue weighted by Crippen LogP contribution is -2.34. The van der Waals surface area contributed by atoms with Crippen LogP contribution in [0.25, 0.3) is 16.7 Å². The molecule has 1 heterocycles. The van der Waals surface area contributed by atoms with Crippen molar-refractivity contribution in [1.82, 2.24) is 20.3 Å². The Kier molecular flexibility index (Phi) is 6.64. The highest BCUT2D eigenvalue weighted by Crippen LogP contribution is 2.28. The number of nitrogens with one attached hydrogen (secondary N) is 2. The lowest BCUT2D eigenvalue weighted by molar-refractivity contribution is 0.0974. The van der Waals surface area contributed by atoms with Crippen LogP contribution in [-0.2, 0) is 0 Å². The van der Waals surface area contributed by atoms with Gasteiger partial charge in [-0.25, -0.2) is 0 Å². The van der Waals surface area contributed by atoms with Crippen LogP contribution in [0.1, 0.15) is 21.5 Å². The fourth-order valence-electron chi connectivity index (χ4n) is 3.32. The van der Waals surface area contributed by atoms with Gasteiger partial charge >= 0.3 is 0 Å². The van der Waals surface area contributed by atoms with Crippen molar-refractivity contribution < 1.29 is 9.53 Å². The maximum absolute atomic E-state index is 12.8. The number of carbonyl (C=O) groups excluding carboxylic acids is 1. The number of hydrogen-bond donors (Lipinski definition) is 2. The molecule has 0 aliphatic rings. The zero-order valence-electron chi connectivity index (χ0n) is 17.9. The first kappa shape index (κ1) is 23.2. The molecule has 4 rings (SSSR count). The number of carbonyl (C=O) groups is 1. The molecule has 0 spiro atoms. The lowest BCUT2D eigenvalue weighted by Gasteiger charge is -2.13. The highest BCUT2D eigenvalue weighted by atomic mass is 79.9. The fourth-order valence-corrected chi connectivity index (χ4v) is 4.27. The normalized spacial score (nSPS) is 10.8. The first-order valence-electron chi connectivity index (χ1n) is 9.85. The van der Waals surface area contributed by atoms with Crippen molar-refractivity contribution in [2.24, 2.45) is 0 Å². The number of benzene rings is 3. The second kappa shape index (κ2) is 9.46. The first-order valence-corrected chi connectivity index (χ1v) is 11.4. The summed E-state index contributed by atoms with van der Waals surface area (Å²) in [6.45, 7) is 3.80. The number of methoxy groups -OCH3 is 1. The van der Waals surface area contributed by atoms with E-state index in [4.69, 9.17) is 28.6 Å². The van der Waals surface area contributed by atoms with Crippen LogP contribution in [0.5, 0.6) is 5.75 Å². The maximum atomic E-state index is 12.8. The number of anilines is 1. The van der Waals surface area contributed by atoms with E-state index in [1.807, 2.05) is 50.2 Å². The number of thiocarbonyl (C=S) groups is 1. The minimum absolute atomic E-state index is 0.150. The molecule has 2 N–H and O–H groups in total. The standard InChI is InChI=1S/C23H19BrClN5O2S/c1-12-4-6-16(11-18(12)25)30-28-19-7-5-15(10-20(19)29-30)26-23(33)27-22(31)17-9-14(24)8-13(2)21(17)32-3/h4-11H,1-3H3,(H2,26,27,31,33). The third-order valence-electron chi connectivity index (χ3n) is 4.94.